The molecule has 0 aromatic carbocycles. The number of aromatic nitrogens is 4. The SMILES string of the molecule is Nc1c(F)cnc(=O)n1-c1nc(Cl)c(Cl)c(Cl)n1. The first-order valence-electron chi connectivity index (χ1n) is 4.33. The number of rotatable bonds is 1. The molecule has 2 aromatic rings. The summed E-state index contributed by atoms with van der Waals surface area (Å²) < 4.78 is 13.9. The Bertz CT molecular complexity index is 666. The highest BCUT2D eigenvalue weighted by Gasteiger charge is 2.16. The van der Waals surface area contributed by atoms with Crippen molar-refractivity contribution in [2.45, 2.75) is 0 Å². The molecule has 0 fully saturated rings. The molecule has 2 heterocycles. The average Bonchev–Trinajstić information content (AvgIpc) is 2.31. The van der Waals surface area contributed by atoms with Gasteiger partial charge in [-0.25, -0.2) is 13.8 Å². The van der Waals surface area contributed by atoms with Gasteiger partial charge in [0.15, 0.2) is 21.9 Å². The maximum atomic E-state index is 13.2. The van der Waals surface area contributed by atoms with Crippen molar-refractivity contribution in [2.75, 3.05) is 5.73 Å². The minimum Gasteiger partial charge on any atom is -0.382 e. The highest BCUT2D eigenvalue weighted by Crippen LogP contribution is 2.27. The van der Waals surface area contributed by atoms with Crippen molar-refractivity contribution in [3.8, 4) is 5.95 Å². The molecular formula is C8H3Cl3FN5O. The lowest BCUT2D eigenvalue weighted by molar-refractivity contribution is 0.606. The van der Waals surface area contributed by atoms with Crippen molar-refractivity contribution in [1.82, 2.24) is 19.5 Å². The first-order valence-corrected chi connectivity index (χ1v) is 5.47. The van der Waals surface area contributed by atoms with Crippen molar-refractivity contribution in [1.29, 1.82) is 0 Å². The Morgan fingerprint density at radius 1 is 1.22 bits per heavy atom. The summed E-state index contributed by atoms with van der Waals surface area (Å²) in [5, 5.41) is -0.470. The number of hydrogen-bond acceptors (Lipinski definition) is 5. The summed E-state index contributed by atoms with van der Waals surface area (Å²) in [5.74, 6) is -1.73. The summed E-state index contributed by atoms with van der Waals surface area (Å²) in [4.78, 5) is 22.1. The van der Waals surface area contributed by atoms with Crippen LogP contribution in [0.2, 0.25) is 15.3 Å². The van der Waals surface area contributed by atoms with Gasteiger partial charge in [-0.3, -0.25) is 0 Å². The quantitative estimate of drug-likeness (QED) is 0.810. The average molecular weight is 311 g/mol. The third kappa shape index (κ3) is 2.12. The number of nitrogens with two attached hydrogens (primary N) is 1. The van der Waals surface area contributed by atoms with Crippen LogP contribution < -0.4 is 11.4 Å². The Balaban J connectivity index is 2.78. The molecule has 0 spiro atoms. The van der Waals surface area contributed by atoms with Crippen molar-refractivity contribution >= 4 is 40.6 Å². The molecule has 0 atom stereocenters. The fourth-order valence-electron chi connectivity index (χ4n) is 1.12. The van der Waals surface area contributed by atoms with E-state index in [-0.39, 0.29) is 21.3 Å². The molecule has 0 saturated heterocycles. The van der Waals surface area contributed by atoms with E-state index in [4.69, 9.17) is 40.5 Å². The van der Waals surface area contributed by atoms with Crippen LogP contribution in [-0.4, -0.2) is 19.5 Å². The Labute approximate surface area is 114 Å². The second-order valence-electron chi connectivity index (χ2n) is 3.03. The Morgan fingerprint density at radius 2 is 1.78 bits per heavy atom. The van der Waals surface area contributed by atoms with Crippen LogP contribution in [0.15, 0.2) is 11.0 Å². The number of nitrogens with zero attached hydrogens (tertiary/aromatic N) is 4. The van der Waals surface area contributed by atoms with E-state index >= 15 is 0 Å². The maximum absolute atomic E-state index is 13.2. The van der Waals surface area contributed by atoms with Gasteiger partial charge in [0.05, 0.1) is 6.20 Å². The van der Waals surface area contributed by atoms with E-state index in [0.717, 1.165) is 0 Å². The van der Waals surface area contributed by atoms with Gasteiger partial charge in [0.25, 0.3) is 0 Å². The third-order valence-electron chi connectivity index (χ3n) is 1.92. The fourth-order valence-corrected chi connectivity index (χ4v) is 1.59. The molecule has 0 aliphatic heterocycles. The molecule has 2 N–H and O–H groups in total. The van der Waals surface area contributed by atoms with Crippen LogP contribution in [0.25, 0.3) is 5.95 Å². The Kier molecular flexibility index (Phi) is 3.38. The summed E-state index contributed by atoms with van der Waals surface area (Å²) in [6, 6.07) is 0. The zero-order valence-corrected chi connectivity index (χ0v) is 10.6. The molecular weight excluding hydrogens is 307 g/mol. The van der Waals surface area contributed by atoms with Crippen LogP contribution in [0.1, 0.15) is 0 Å². The molecule has 0 aliphatic rings. The molecule has 0 saturated carbocycles. The van der Waals surface area contributed by atoms with Crippen LogP contribution in [0.3, 0.4) is 0 Å². The highest BCUT2D eigenvalue weighted by atomic mass is 35.5. The number of halogens is 4. The lowest BCUT2D eigenvalue weighted by Crippen LogP contribution is -2.26. The first kappa shape index (κ1) is 13.0. The van der Waals surface area contributed by atoms with Gasteiger partial charge >= 0.3 is 5.69 Å². The van der Waals surface area contributed by atoms with Gasteiger partial charge in [-0.05, 0) is 0 Å². The summed E-state index contributed by atoms with van der Waals surface area (Å²) in [5.41, 5.74) is 4.53. The second-order valence-corrected chi connectivity index (χ2v) is 4.12. The molecule has 10 heteroatoms. The summed E-state index contributed by atoms with van der Waals surface area (Å²) >= 11 is 17.0. The first-order chi connectivity index (χ1) is 8.41. The predicted molar refractivity (Wildman–Crippen MR) is 64.8 cm³/mol. The van der Waals surface area contributed by atoms with E-state index in [1.54, 1.807) is 0 Å². The standard InChI is InChI=1S/C8H3Cl3FN5O/c9-3-4(10)15-7(16-5(3)11)17-6(13)2(12)1-14-8(17)18/h1H,13H2. The van der Waals surface area contributed by atoms with Gasteiger partial charge in [0, 0.05) is 0 Å². The fraction of sp³-hybridized carbons (Fsp3) is 0. The van der Waals surface area contributed by atoms with Gasteiger partial charge in [0.1, 0.15) is 5.02 Å². The number of anilines is 1. The molecule has 0 bridgehead atoms. The Hall–Kier alpha value is -1.44. The maximum Gasteiger partial charge on any atom is 0.356 e. The number of hydrogen-bond donors (Lipinski definition) is 1. The van der Waals surface area contributed by atoms with Crippen molar-refractivity contribution in [3.63, 3.8) is 0 Å². The van der Waals surface area contributed by atoms with Crippen LogP contribution >= 0.6 is 34.8 Å². The van der Waals surface area contributed by atoms with Crippen LogP contribution in [0.4, 0.5) is 10.2 Å². The second kappa shape index (κ2) is 4.68. The normalized spacial score (nSPS) is 10.7. The Morgan fingerprint density at radius 3 is 2.33 bits per heavy atom. The smallest absolute Gasteiger partial charge is 0.356 e. The van der Waals surface area contributed by atoms with E-state index in [0.29, 0.717) is 10.8 Å². The summed E-state index contributed by atoms with van der Waals surface area (Å²) in [6.07, 6.45) is 0.688. The molecule has 6 nitrogen and oxygen atoms in total. The largest absolute Gasteiger partial charge is 0.382 e. The zero-order valence-electron chi connectivity index (χ0n) is 8.36. The molecule has 2 rings (SSSR count). The molecule has 94 valence electrons. The molecule has 0 amide bonds. The van der Waals surface area contributed by atoms with E-state index in [2.05, 4.69) is 15.0 Å². The predicted octanol–water partition coefficient (Wildman–Crippen LogP) is 1.70. The minimum absolute atomic E-state index is 0.0851. The molecule has 18 heavy (non-hydrogen) atoms. The topological polar surface area (TPSA) is 86.7 Å². The zero-order chi connectivity index (χ0) is 13.4. The van der Waals surface area contributed by atoms with Gasteiger partial charge in [-0.2, -0.15) is 15.0 Å². The lowest BCUT2D eigenvalue weighted by atomic mass is 10.5. The van der Waals surface area contributed by atoms with Crippen LogP contribution in [0.5, 0.6) is 0 Å². The molecule has 0 radical (unpaired) electrons. The van der Waals surface area contributed by atoms with Gasteiger partial charge in [0.2, 0.25) is 5.95 Å². The van der Waals surface area contributed by atoms with Crippen LogP contribution in [-0.2, 0) is 0 Å². The lowest BCUT2D eigenvalue weighted by Gasteiger charge is -2.08. The van der Waals surface area contributed by atoms with Crippen LogP contribution in [0, 0.1) is 5.82 Å². The third-order valence-corrected chi connectivity index (χ3v) is 3.02. The number of nitrogen functional groups attached to an aromatic ring is 1. The van der Waals surface area contributed by atoms with Gasteiger partial charge in [-0.15, -0.1) is 0 Å². The van der Waals surface area contributed by atoms with Crippen molar-refractivity contribution in [2.24, 2.45) is 0 Å². The van der Waals surface area contributed by atoms with Crippen molar-refractivity contribution in [3.05, 3.63) is 37.8 Å². The van der Waals surface area contributed by atoms with Gasteiger partial charge < -0.3 is 5.73 Å². The molecule has 0 aliphatic carbocycles. The van der Waals surface area contributed by atoms with Crippen molar-refractivity contribution < 1.29 is 4.39 Å². The molecule has 0 unspecified atom stereocenters. The van der Waals surface area contributed by atoms with Gasteiger partial charge in [-0.1, -0.05) is 34.8 Å². The van der Waals surface area contributed by atoms with E-state index < -0.39 is 17.3 Å². The minimum atomic E-state index is -0.902. The van der Waals surface area contributed by atoms with E-state index in [9.17, 15) is 9.18 Å². The monoisotopic (exact) mass is 309 g/mol. The summed E-state index contributed by atoms with van der Waals surface area (Å²) in [7, 11) is 0. The molecule has 2 aromatic heterocycles. The van der Waals surface area contributed by atoms with E-state index in [1.165, 1.54) is 0 Å². The summed E-state index contributed by atoms with van der Waals surface area (Å²) in [6.45, 7) is 0. The van der Waals surface area contributed by atoms with E-state index in [1.807, 2.05) is 0 Å². The highest BCUT2D eigenvalue weighted by molar-refractivity contribution is 6.46.